The summed E-state index contributed by atoms with van der Waals surface area (Å²) in [7, 11) is 1.66. The SMILES string of the molecule is COc1ccc(CNc2nc(NCc3ccccc3)c3ccc(Cl)cc3n2)cc1. The molecule has 0 amide bonds. The maximum absolute atomic E-state index is 6.18. The summed E-state index contributed by atoms with van der Waals surface area (Å²) < 4.78 is 5.20. The zero-order valence-corrected chi connectivity index (χ0v) is 16.8. The molecule has 2 N–H and O–H groups in total. The Hall–Kier alpha value is -3.31. The highest BCUT2D eigenvalue weighted by molar-refractivity contribution is 6.31. The first-order valence-corrected chi connectivity index (χ1v) is 9.71. The van der Waals surface area contributed by atoms with Gasteiger partial charge in [-0.3, -0.25) is 0 Å². The maximum atomic E-state index is 6.18. The van der Waals surface area contributed by atoms with Crippen LogP contribution in [0.3, 0.4) is 0 Å². The van der Waals surface area contributed by atoms with Gasteiger partial charge < -0.3 is 15.4 Å². The molecule has 0 spiro atoms. The smallest absolute Gasteiger partial charge is 0.225 e. The number of benzene rings is 3. The van der Waals surface area contributed by atoms with E-state index in [1.165, 1.54) is 5.56 Å². The predicted octanol–water partition coefficient (Wildman–Crippen LogP) is 5.52. The lowest BCUT2D eigenvalue weighted by Crippen LogP contribution is -2.08. The Morgan fingerprint density at radius 1 is 0.828 bits per heavy atom. The Labute approximate surface area is 174 Å². The van der Waals surface area contributed by atoms with Gasteiger partial charge in [-0.25, -0.2) is 4.98 Å². The second-order valence-electron chi connectivity index (χ2n) is 6.60. The monoisotopic (exact) mass is 404 g/mol. The van der Waals surface area contributed by atoms with Crippen LogP contribution in [0.4, 0.5) is 11.8 Å². The third-order valence-corrected chi connectivity index (χ3v) is 4.81. The quantitative estimate of drug-likeness (QED) is 0.425. The van der Waals surface area contributed by atoms with Gasteiger partial charge in [0, 0.05) is 23.5 Å². The highest BCUT2D eigenvalue weighted by atomic mass is 35.5. The summed E-state index contributed by atoms with van der Waals surface area (Å²) in [5.74, 6) is 2.15. The van der Waals surface area contributed by atoms with Crippen molar-refractivity contribution in [3.05, 3.63) is 88.9 Å². The van der Waals surface area contributed by atoms with Crippen LogP contribution in [0.1, 0.15) is 11.1 Å². The van der Waals surface area contributed by atoms with Gasteiger partial charge in [0.2, 0.25) is 5.95 Å². The van der Waals surface area contributed by atoms with Crippen LogP contribution in [0.5, 0.6) is 5.75 Å². The first-order valence-electron chi connectivity index (χ1n) is 9.33. The molecule has 0 aliphatic rings. The van der Waals surface area contributed by atoms with Gasteiger partial charge in [-0.2, -0.15) is 4.98 Å². The van der Waals surface area contributed by atoms with E-state index in [0.29, 0.717) is 24.1 Å². The number of nitrogens with zero attached hydrogens (tertiary/aromatic N) is 2. The summed E-state index contributed by atoms with van der Waals surface area (Å²) in [6, 6.07) is 23.8. The molecule has 0 aliphatic carbocycles. The molecule has 4 rings (SSSR count). The van der Waals surface area contributed by atoms with E-state index in [-0.39, 0.29) is 0 Å². The summed E-state index contributed by atoms with van der Waals surface area (Å²) in [5, 5.41) is 8.30. The van der Waals surface area contributed by atoms with Gasteiger partial charge in [0.1, 0.15) is 11.6 Å². The van der Waals surface area contributed by atoms with E-state index in [0.717, 1.165) is 28.0 Å². The van der Waals surface area contributed by atoms with E-state index in [9.17, 15) is 0 Å². The molecule has 0 bridgehead atoms. The minimum Gasteiger partial charge on any atom is -0.497 e. The highest BCUT2D eigenvalue weighted by Crippen LogP contribution is 2.25. The van der Waals surface area contributed by atoms with Crippen molar-refractivity contribution >= 4 is 34.3 Å². The third kappa shape index (κ3) is 4.76. The molecular weight excluding hydrogens is 384 g/mol. The molecule has 1 heterocycles. The van der Waals surface area contributed by atoms with Crippen molar-refractivity contribution in [2.24, 2.45) is 0 Å². The van der Waals surface area contributed by atoms with Gasteiger partial charge in [-0.05, 0) is 41.5 Å². The number of fused-ring (bicyclic) bond motifs is 1. The summed E-state index contributed by atoms with van der Waals surface area (Å²) in [5.41, 5.74) is 3.08. The van der Waals surface area contributed by atoms with E-state index in [1.807, 2.05) is 60.7 Å². The maximum Gasteiger partial charge on any atom is 0.225 e. The van der Waals surface area contributed by atoms with Crippen LogP contribution in [-0.2, 0) is 13.1 Å². The van der Waals surface area contributed by atoms with Gasteiger partial charge in [0.15, 0.2) is 0 Å². The largest absolute Gasteiger partial charge is 0.497 e. The number of nitrogens with one attached hydrogen (secondary N) is 2. The van der Waals surface area contributed by atoms with E-state index in [4.69, 9.17) is 21.3 Å². The number of hydrogen-bond acceptors (Lipinski definition) is 5. The molecule has 1 aromatic heterocycles. The molecule has 3 aromatic carbocycles. The number of methoxy groups -OCH3 is 1. The first kappa shape index (κ1) is 19.0. The molecule has 6 heteroatoms. The van der Waals surface area contributed by atoms with E-state index >= 15 is 0 Å². The Morgan fingerprint density at radius 3 is 2.31 bits per heavy atom. The molecular formula is C23H21ClN4O. The average molecular weight is 405 g/mol. The van der Waals surface area contributed by atoms with Crippen LogP contribution < -0.4 is 15.4 Å². The molecule has 0 fully saturated rings. The number of ether oxygens (including phenoxy) is 1. The minimum atomic E-state index is 0.547. The fraction of sp³-hybridized carbons (Fsp3) is 0.130. The second-order valence-corrected chi connectivity index (χ2v) is 7.03. The zero-order valence-electron chi connectivity index (χ0n) is 16.0. The summed E-state index contributed by atoms with van der Waals surface area (Å²) in [4.78, 5) is 9.32. The van der Waals surface area contributed by atoms with E-state index < -0.39 is 0 Å². The van der Waals surface area contributed by atoms with Gasteiger partial charge in [0.05, 0.1) is 12.6 Å². The van der Waals surface area contributed by atoms with Crippen LogP contribution in [0.15, 0.2) is 72.8 Å². The lowest BCUT2D eigenvalue weighted by molar-refractivity contribution is 0.414. The fourth-order valence-corrected chi connectivity index (χ4v) is 3.19. The number of hydrogen-bond donors (Lipinski definition) is 2. The van der Waals surface area contributed by atoms with Crippen molar-refractivity contribution in [3.63, 3.8) is 0 Å². The van der Waals surface area contributed by atoms with Gasteiger partial charge in [-0.15, -0.1) is 0 Å². The normalized spacial score (nSPS) is 10.7. The molecule has 0 aliphatic heterocycles. The first-order chi connectivity index (χ1) is 14.2. The number of rotatable bonds is 7. The fourth-order valence-electron chi connectivity index (χ4n) is 3.02. The third-order valence-electron chi connectivity index (χ3n) is 4.57. The van der Waals surface area contributed by atoms with Gasteiger partial charge in [0.25, 0.3) is 0 Å². The van der Waals surface area contributed by atoms with Crippen molar-refractivity contribution in [2.75, 3.05) is 17.7 Å². The van der Waals surface area contributed by atoms with Crippen LogP contribution in [0, 0.1) is 0 Å². The topological polar surface area (TPSA) is 59.1 Å². The lowest BCUT2D eigenvalue weighted by atomic mass is 10.2. The number of anilines is 2. The van der Waals surface area contributed by atoms with Crippen molar-refractivity contribution in [1.29, 1.82) is 0 Å². The molecule has 146 valence electrons. The zero-order chi connectivity index (χ0) is 20.1. The van der Waals surface area contributed by atoms with Gasteiger partial charge in [-0.1, -0.05) is 54.1 Å². The molecule has 0 unspecified atom stereocenters. The number of halogens is 1. The molecule has 0 radical (unpaired) electrons. The molecule has 29 heavy (non-hydrogen) atoms. The highest BCUT2D eigenvalue weighted by Gasteiger charge is 2.09. The standard InChI is InChI=1S/C23H21ClN4O/c1-29-19-10-7-17(8-11-19)15-26-23-27-21-13-18(24)9-12-20(21)22(28-23)25-14-16-5-3-2-4-6-16/h2-13H,14-15H2,1H3,(H2,25,26,27,28). The van der Waals surface area contributed by atoms with Gasteiger partial charge >= 0.3 is 0 Å². The average Bonchev–Trinajstić information content (AvgIpc) is 2.76. The Kier molecular flexibility index (Phi) is 5.77. The van der Waals surface area contributed by atoms with Crippen LogP contribution in [0.25, 0.3) is 10.9 Å². The molecule has 4 aromatic rings. The summed E-state index contributed by atoms with van der Waals surface area (Å²) >= 11 is 6.18. The minimum absolute atomic E-state index is 0.547. The molecule has 0 atom stereocenters. The van der Waals surface area contributed by atoms with Crippen molar-refractivity contribution in [3.8, 4) is 5.75 Å². The van der Waals surface area contributed by atoms with Crippen molar-refractivity contribution in [1.82, 2.24) is 9.97 Å². The number of aromatic nitrogens is 2. The Balaban J connectivity index is 1.57. The van der Waals surface area contributed by atoms with Crippen LogP contribution in [0.2, 0.25) is 5.02 Å². The van der Waals surface area contributed by atoms with E-state index in [1.54, 1.807) is 7.11 Å². The summed E-state index contributed by atoms with van der Waals surface area (Å²) in [6.07, 6.45) is 0. The molecule has 0 saturated carbocycles. The predicted molar refractivity (Wildman–Crippen MR) is 119 cm³/mol. The second kappa shape index (κ2) is 8.80. The van der Waals surface area contributed by atoms with Crippen molar-refractivity contribution in [2.45, 2.75) is 13.1 Å². The Bertz CT molecular complexity index is 1100. The van der Waals surface area contributed by atoms with Crippen molar-refractivity contribution < 1.29 is 4.74 Å². The summed E-state index contributed by atoms with van der Waals surface area (Å²) in [6.45, 7) is 1.28. The molecule has 0 saturated heterocycles. The molecule has 5 nitrogen and oxygen atoms in total. The lowest BCUT2D eigenvalue weighted by Gasteiger charge is -2.12. The van der Waals surface area contributed by atoms with Crippen LogP contribution in [-0.4, -0.2) is 17.1 Å². The Morgan fingerprint density at radius 2 is 1.55 bits per heavy atom. The van der Waals surface area contributed by atoms with Crippen LogP contribution >= 0.6 is 11.6 Å². The van der Waals surface area contributed by atoms with E-state index in [2.05, 4.69) is 27.8 Å².